The second-order valence-electron chi connectivity index (χ2n) is 5.80. The van der Waals surface area contributed by atoms with E-state index in [1.54, 1.807) is 6.92 Å². The van der Waals surface area contributed by atoms with Crippen molar-refractivity contribution in [3.05, 3.63) is 71.8 Å². The number of hydrogen-bond acceptors (Lipinski definition) is 4. The van der Waals surface area contributed by atoms with Gasteiger partial charge in [-0.3, -0.25) is 9.69 Å². The maximum Gasteiger partial charge on any atom is 0.308 e. The van der Waals surface area contributed by atoms with E-state index in [1.807, 2.05) is 36.4 Å². The topological polar surface area (TPSA) is 49.8 Å². The SMILES string of the molecule is CCOC(=O)C[C@H](O)CN(Cc1ccccc1)Cc1ccccc1. The largest absolute Gasteiger partial charge is 0.466 e. The first-order valence-electron chi connectivity index (χ1n) is 8.31. The molecule has 24 heavy (non-hydrogen) atoms. The molecule has 1 atom stereocenters. The summed E-state index contributed by atoms with van der Waals surface area (Å²) in [6.07, 6.45) is -0.718. The number of carbonyl (C=O) groups is 1. The maximum atomic E-state index is 11.6. The average molecular weight is 327 g/mol. The molecule has 2 aromatic carbocycles. The summed E-state index contributed by atoms with van der Waals surface area (Å²) in [5, 5.41) is 10.2. The van der Waals surface area contributed by atoms with Crippen molar-refractivity contribution in [2.24, 2.45) is 0 Å². The molecular weight excluding hydrogens is 302 g/mol. The molecule has 0 saturated heterocycles. The fourth-order valence-electron chi connectivity index (χ4n) is 2.64. The van der Waals surface area contributed by atoms with Gasteiger partial charge in [0, 0.05) is 19.6 Å². The molecule has 0 aliphatic heterocycles. The molecule has 1 N–H and O–H groups in total. The number of aliphatic hydroxyl groups is 1. The average Bonchev–Trinajstić information content (AvgIpc) is 2.56. The number of aliphatic hydroxyl groups excluding tert-OH is 1. The highest BCUT2D eigenvalue weighted by Gasteiger charge is 2.16. The zero-order valence-corrected chi connectivity index (χ0v) is 14.1. The van der Waals surface area contributed by atoms with Gasteiger partial charge in [-0.15, -0.1) is 0 Å². The van der Waals surface area contributed by atoms with Gasteiger partial charge in [-0.1, -0.05) is 60.7 Å². The van der Waals surface area contributed by atoms with Gasteiger partial charge in [-0.05, 0) is 18.1 Å². The highest BCUT2D eigenvalue weighted by atomic mass is 16.5. The Morgan fingerprint density at radius 1 is 1.00 bits per heavy atom. The maximum absolute atomic E-state index is 11.6. The van der Waals surface area contributed by atoms with Crippen LogP contribution in [0.4, 0.5) is 0 Å². The van der Waals surface area contributed by atoms with Crippen LogP contribution >= 0.6 is 0 Å². The molecule has 4 heteroatoms. The zero-order valence-electron chi connectivity index (χ0n) is 14.1. The van der Waals surface area contributed by atoms with Crippen molar-refractivity contribution in [2.45, 2.75) is 32.5 Å². The molecule has 0 aromatic heterocycles. The fourth-order valence-corrected chi connectivity index (χ4v) is 2.64. The molecule has 0 radical (unpaired) electrons. The third-order valence-corrected chi connectivity index (χ3v) is 3.67. The van der Waals surface area contributed by atoms with E-state index >= 15 is 0 Å². The summed E-state index contributed by atoms with van der Waals surface area (Å²) < 4.78 is 4.91. The van der Waals surface area contributed by atoms with Gasteiger partial charge in [-0.2, -0.15) is 0 Å². The molecule has 0 amide bonds. The minimum Gasteiger partial charge on any atom is -0.466 e. The molecule has 0 aliphatic carbocycles. The normalized spacial score (nSPS) is 12.1. The Morgan fingerprint density at radius 2 is 1.50 bits per heavy atom. The van der Waals surface area contributed by atoms with Crippen molar-refractivity contribution in [3.8, 4) is 0 Å². The molecule has 0 spiro atoms. The molecular formula is C20H25NO3. The first kappa shape index (κ1) is 18.2. The first-order chi connectivity index (χ1) is 11.7. The van der Waals surface area contributed by atoms with Crippen LogP contribution in [-0.2, 0) is 22.6 Å². The molecule has 0 heterocycles. The number of esters is 1. The van der Waals surface area contributed by atoms with E-state index in [0.29, 0.717) is 13.2 Å². The minimum absolute atomic E-state index is 0.0217. The van der Waals surface area contributed by atoms with Gasteiger partial charge in [0.15, 0.2) is 0 Å². The van der Waals surface area contributed by atoms with Crippen LogP contribution in [0.15, 0.2) is 60.7 Å². The molecule has 0 bridgehead atoms. The van der Waals surface area contributed by atoms with Crippen LogP contribution in [0.5, 0.6) is 0 Å². The Morgan fingerprint density at radius 3 is 1.96 bits per heavy atom. The van der Waals surface area contributed by atoms with Crippen LogP contribution in [0.2, 0.25) is 0 Å². The quantitative estimate of drug-likeness (QED) is 0.719. The van der Waals surface area contributed by atoms with E-state index in [9.17, 15) is 9.90 Å². The van der Waals surface area contributed by atoms with Crippen LogP contribution in [0.1, 0.15) is 24.5 Å². The van der Waals surface area contributed by atoms with Crippen LogP contribution in [0.25, 0.3) is 0 Å². The van der Waals surface area contributed by atoms with Crippen LogP contribution < -0.4 is 0 Å². The second-order valence-corrected chi connectivity index (χ2v) is 5.80. The predicted molar refractivity (Wildman–Crippen MR) is 94.3 cm³/mol. The van der Waals surface area contributed by atoms with E-state index in [0.717, 1.165) is 13.1 Å². The van der Waals surface area contributed by atoms with Gasteiger partial charge in [0.05, 0.1) is 19.1 Å². The molecule has 2 aromatic rings. The Kier molecular flexibility index (Phi) is 7.46. The number of carbonyl (C=O) groups excluding carboxylic acids is 1. The highest BCUT2D eigenvalue weighted by Crippen LogP contribution is 2.11. The highest BCUT2D eigenvalue weighted by molar-refractivity contribution is 5.69. The zero-order chi connectivity index (χ0) is 17.2. The van der Waals surface area contributed by atoms with E-state index in [2.05, 4.69) is 29.2 Å². The first-order valence-corrected chi connectivity index (χ1v) is 8.31. The summed E-state index contributed by atoms with van der Waals surface area (Å²) in [5.41, 5.74) is 2.36. The second kappa shape index (κ2) is 9.85. The Hall–Kier alpha value is -2.17. The lowest BCUT2D eigenvalue weighted by molar-refractivity contribution is -0.145. The van der Waals surface area contributed by atoms with Gasteiger partial charge in [-0.25, -0.2) is 0 Å². The van der Waals surface area contributed by atoms with Gasteiger partial charge in [0.1, 0.15) is 0 Å². The van der Waals surface area contributed by atoms with E-state index in [4.69, 9.17) is 4.74 Å². The van der Waals surface area contributed by atoms with Gasteiger partial charge < -0.3 is 9.84 Å². The monoisotopic (exact) mass is 327 g/mol. The predicted octanol–water partition coefficient (Wildman–Crippen LogP) is 3.00. The van der Waals surface area contributed by atoms with Gasteiger partial charge in [0.2, 0.25) is 0 Å². The molecule has 0 unspecified atom stereocenters. The minimum atomic E-state index is -0.739. The third-order valence-electron chi connectivity index (χ3n) is 3.67. The number of hydrogen-bond donors (Lipinski definition) is 1. The lowest BCUT2D eigenvalue weighted by atomic mass is 10.1. The van der Waals surface area contributed by atoms with Crippen molar-refractivity contribution >= 4 is 5.97 Å². The summed E-state index contributed by atoms with van der Waals surface area (Å²) in [6.45, 7) is 3.96. The van der Waals surface area contributed by atoms with E-state index in [-0.39, 0.29) is 12.4 Å². The smallest absolute Gasteiger partial charge is 0.308 e. The fraction of sp³-hybridized carbons (Fsp3) is 0.350. The summed E-state index contributed by atoms with van der Waals surface area (Å²) in [4.78, 5) is 13.7. The molecule has 0 saturated carbocycles. The Labute approximate surface area is 143 Å². The molecule has 0 aliphatic rings. The van der Waals surface area contributed by atoms with E-state index < -0.39 is 6.10 Å². The number of ether oxygens (including phenoxy) is 1. The third kappa shape index (κ3) is 6.52. The van der Waals surface area contributed by atoms with Crippen molar-refractivity contribution in [3.63, 3.8) is 0 Å². The number of nitrogens with zero attached hydrogens (tertiary/aromatic N) is 1. The molecule has 2 rings (SSSR count). The van der Waals surface area contributed by atoms with Crippen molar-refractivity contribution in [1.82, 2.24) is 4.90 Å². The van der Waals surface area contributed by atoms with Crippen molar-refractivity contribution < 1.29 is 14.6 Å². The lowest BCUT2D eigenvalue weighted by Gasteiger charge is -2.25. The Balaban J connectivity index is 2.00. The van der Waals surface area contributed by atoms with Crippen molar-refractivity contribution in [1.29, 1.82) is 0 Å². The van der Waals surface area contributed by atoms with Crippen molar-refractivity contribution in [2.75, 3.05) is 13.2 Å². The lowest BCUT2D eigenvalue weighted by Crippen LogP contribution is -2.33. The van der Waals surface area contributed by atoms with Crippen LogP contribution in [0.3, 0.4) is 0 Å². The number of benzene rings is 2. The van der Waals surface area contributed by atoms with Gasteiger partial charge >= 0.3 is 5.97 Å². The van der Waals surface area contributed by atoms with Crippen LogP contribution in [0, 0.1) is 0 Å². The summed E-state index contributed by atoms with van der Waals surface area (Å²) in [5.74, 6) is -0.357. The Bertz CT molecular complexity index is 559. The van der Waals surface area contributed by atoms with Gasteiger partial charge in [0.25, 0.3) is 0 Å². The summed E-state index contributed by atoms with van der Waals surface area (Å²) in [7, 11) is 0. The summed E-state index contributed by atoms with van der Waals surface area (Å²) >= 11 is 0. The van der Waals surface area contributed by atoms with E-state index in [1.165, 1.54) is 11.1 Å². The molecule has 0 fully saturated rings. The molecule has 4 nitrogen and oxygen atoms in total. The standard InChI is InChI=1S/C20H25NO3/c1-2-24-20(23)13-19(22)16-21(14-17-9-5-3-6-10-17)15-18-11-7-4-8-12-18/h3-12,19,22H,2,13-16H2,1H3/t19-/m0/s1. The molecule has 128 valence electrons. The number of rotatable bonds is 9. The summed E-state index contributed by atoms with van der Waals surface area (Å²) in [6, 6.07) is 20.3. The van der Waals surface area contributed by atoms with Crippen LogP contribution in [-0.4, -0.2) is 35.2 Å².